The van der Waals surface area contributed by atoms with Crippen molar-refractivity contribution in [2.75, 3.05) is 0 Å². The van der Waals surface area contributed by atoms with E-state index in [0.717, 1.165) is 10.1 Å². The second kappa shape index (κ2) is 23.4. The number of benzene rings is 2. The predicted octanol–water partition coefficient (Wildman–Crippen LogP) is 9.65. The van der Waals surface area contributed by atoms with Crippen LogP contribution < -0.4 is 9.47 Å². The summed E-state index contributed by atoms with van der Waals surface area (Å²) in [4.78, 5) is 50.1. The van der Waals surface area contributed by atoms with Gasteiger partial charge in [-0.1, -0.05) is 33.7 Å². The fourth-order valence-corrected chi connectivity index (χ4v) is 7.42. The van der Waals surface area contributed by atoms with Crippen molar-refractivity contribution in [1.29, 1.82) is 0 Å². The van der Waals surface area contributed by atoms with Crippen molar-refractivity contribution >= 4 is 77.7 Å². The lowest BCUT2D eigenvalue weighted by atomic mass is 10.3. The van der Waals surface area contributed by atoms with Gasteiger partial charge in [0.25, 0.3) is 11.4 Å². The Kier molecular flexibility index (Phi) is 19.8. The van der Waals surface area contributed by atoms with Gasteiger partial charge in [-0.25, -0.2) is 19.6 Å². The van der Waals surface area contributed by atoms with Crippen LogP contribution in [0.2, 0.25) is 0 Å². The molecule has 4 rings (SSSR count). The maximum Gasteiger partial charge on any atom is 0.514 e. The molecule has 0 aliphatic heterocycles. The van der Waals surface area contributed by atoms with Crippen molar-refractivity contribution in [3.63, 3.8) is 0 Å². The number of aromatic nitrogens is 2. The highest BCUT2D eigenvalue weighted by atomic mass is 35.5. The molecule has 2 aromatic carbocycles. The molecule has 0 unspecified atom stereocenters. The number of hydrogen-bond donors (Lipinski definition) is 1. The molecule has 0 amide bonds. The lowest BCUT2D eigenvalue weighted by Gasteiger charge is -2.18. The first-order chi connectivity index (χ1) is 24.2. The third-order valence-electron chi connectivity index (χ3n) is 5.96. The zero-order valence-corrected chi connectivity index (χ0v) is 31.5. The van der Waals surface area contributed by atoms with Crippen molar-refractivity contribution in [3.05, 3.63) is 118 Å². The van der Waals surface area contributed by atoms with E-state index in [-0.39, 0.29) is 45.6 Å². The molecule has 51 heavy (non-hydrogen) atoms. The van der Waals surface area contributed by atoms with E-state index in [1.54, 1.807) is 47.8 Å². The summed E-state index contributed by atoms with van der Waals surface area (Å²) in [5, 5.41) is 32.1. The van der Waals surface area contributed by atoms with Crippen LogP contribution in [0.1, 0.15) is 27.7 Å². The number of ether oxygens (including phenoxy) is 3. The first-order valence-corrected chi connectivity index (χ1v) is 19.5. The van der Waals surface area contributed by atoms with Gasteiger partial charge in [0, 0.05) is 58.8 Å². The number of carbonyl (C=O) groups is 2. The van der Waals surface area contributed by atoms with Crippen molar-refractivity contribution in [2.24, 2.45) is 0 Å². The van der Waals surface area contributed by atoms with Crippen molar-refractivity contribution in [1.82, 2.24) is 9.97 Å². The molecule has 0 spiro atoms. The molecule has 0 bridgehead atoms. The molecule has 19 heteroatoms. The maximum atomic E-state index is 11.8. The van der Waals surface area contributed by atoms with E-state index in [1.807, 2.05) is 50.2 Å². The second-order valence-corrected chi connectivity index (χ2v) is 15.4. The third-order valence-corrected chi connectivity index (χ3v) is 11.9. The molecule has 272 valence electrons. The largest absolute Gasteiger partial charge is 0.514 e. The van der Waals surface area contributed by atoms with Crippen LogP contribution >= 0.6 is 54.8 Å². The fraction of sp³-hybridized carbons (Fsp3) is 0.250. The van der Waals surface area contributed by atoms with E-state index in [4.69, 9.17) is 21.1 Å². The normalized spacial score (nSPS) is 12.6. The minimum Gasteiger partial charge on any atom is -0.430 e. The van der Waals surface area contributed by atoms with Gasteiger partial charge in [-0.3, -0.25) is 20.2 Å². The number of non-ortho nitro benzene ring substituents is 2. The molecular weight excluding hydrogens is 764 g/mol. The zero-order chi connectivity index (χ0) is 37.8. The minimum absolute atomic E-state index is 0.0106. The van der Waals surface area contributed by atoms with Gasteiger partial charge in [0.2, 0.25) is 0 Å². The van der Waals surface area contributed by atoms with Gasteiger partial charge in [-0.15, -0.1) is 0 Å². The first kappa shape index (κ1) is 43.1. The maximum absolute atomic E-state index is 11.8. The SMILES string of the molecule is C[C@@H](O)[C@@H](C)SSc1ccccn1.C[C@@H](OC(=O)Oc1ccc([N+](=O)[O-])cc1)[C@@H](C)SSc1ccccn1.O=C(Cl)Oc1ccc([N+](=O)[O-])cc1. The summed E-state index contributed by atoms with van der Waals surface area (Å²) in [6, 6.07) is 21.7. The lowest BCUT2D eigenvalue weighted by molar-refractivity contribution is -0.385. The molecule has 0 saturated heterocycles. The number of aliphatic hydroxyl groups is 1. The Morgan fingerprint density at radius 2 is 1.14 bits per heavy atom. The van der Waals surface area contributed by atoms with E-state index in [9.17, 15) is 34.9 Å². The Balaban J connectivity index is 0.000000292. The molecule has 0 fully saturated rings. The van der Waals surface area contributed by atoms with Gasteiger partial charge in [-0.05, 0) is 97.8 Å². The quantitative estimate of drug-likeness (QED) is 0.0335. The Labute approximate surface area is 314 Å². The van der Waals surface area contributed by atoms with Crippen LogP contribution in [0.25, 0.3) is 0 Å². The number of nitrogens with zero attached hydrogens (tertiary/aromatic N) is 4. The Bertz CT molecular complexity index is 1660. The summed E-state index contributed by atoms with van der Waals surface area (Å²) in [6.45, 7) is 7.51. The minimum atomic E-state index is -0.978. The molecule has 1 N–H and O–H groups in total. The first-order valence-electron chi connectivity index (χ1n) is 14.7. The van der Waals surface area contributed by atoms with E-state index < -0.39 is 21.4 Å². The van der Waals surface area contributed by atoms with E-state index in [0.29, 0.717) is 0 Å². The number of rotatable bonds is 13. The van der Waals surface area contributed by atoms with Gasteiger partial charge < -0.3 is 19.3 Å². The predicted molar refractivity (Wildman–Crippen MR) is 201 cm³/mol. The number of hydrogen-bond acceptors (Lipinski definition) is 16. The number of nitro groups is 2. The topological polar surface area (TPSA) is 194 Å². The molecule has 0 aliphatic carbocycles. The lowest BCUT2D eigenvalue weighted by Crippen LogP contribution is -2.25. The fourth-order valence-electron chi connectivity index (χ4n) is 2.93. The van der Waals surface area contributed by atoms with Crippen LogP contribution in [-0.2, 0) is 4.74 Å². The van der Waals surface area contributed by atoms with Crippen LogP contribution in [0.4, 0.5) is 21.0 Å². The summed E-state index contributed by atoms with van der Waals surface area (Å²) in [5.74, 6) is 0.358. The molecule has 4 atom stereocenters. The van der Waals surface area contributed by atoms with Gasteiger partial charge in [0.15, 0.2) is 0 Å². The van der Waals surface area contributed by atoms with E-state index in [1.165, 1.54) is 70.1 Å². The molecular formula is C32H33ClN4O10S4. The number of carbonyl (C=O) groups excluding carboxylic acids is 2. The smallest absolute Gasteiger partial charge is 0.430 e. The summed E-state index contributed by atoms with van der Waals surface area (Å²) in [7, 11) is 6.28. The van der Waals surface area contributed by atoms with E-state index >= 15 is 0 Å². The molecule has 2 heterocycles. The Hall–Kier alpha value is -4.07. The monoisotopic (exact) mass is 796 g/mol. The summed E-state index contributed by atoms with van der Waals surface area (Å²) >= 11 is 4.92. The molecule has 0 radical (unpaired) electrons. The average molecular weight is 797 g/mol. The molecule has 0 saturated carbocycles. The number of nitro benzene ring substituents is 2. The highest BCUT2D eigenvalue weighted by molar-refractivity contribution is 8.77. The highest BCUT2D eigenvalue weighted by Gasteiger charge is 2.20. The van der Waals surface area contributed by atoms with Crippen molar-refractivity contribution in [3.8, 4) is 11.5 Å². The number of pyridine rings is 2. The van der Waals surface area contributed by atoms with Gasteiger partial charge >= 0.3 is 11.6 Å². The van der Waals surface area contributed by atoms with Crippen LogP contribution in [0.15, 0.2) is 107 Å². The number of aliphatic hydroxyl groups excluding tert-OH is 1. The van der Waals surface area contributed by atoms with Crippen molar-refractivity contribution in [2.45, 2.75) is 60.5 Å². The Morgan fingerprint density at radius 3 is 1.51 bits per heavy atom. The van der Waals surface area contributed by atoms with Crippen LogP contribution in [-0.4, -0.2) is 59.2 Å². The molecule has 14 nitrogen and oxygen atoms in total. The molecule has 4 aromatic rings. The third kappa shape index (κ3) is 18.1. The number of halogens is 1. The highest BCUT2D eigenvalue weighted by Crippen LogP contribution is 2.35. The average Bonchev–Trinajstić information content (AvgIpc) is 3.11. The molecule has 0 aliphatic rings. The van der Waals surface area contributed by atoms with Crippen molar-refractivity contribution < 1.29 is 38.8 Å². The summed E-state index contributed by atoms with van der Waals surface area (Å²) < 4.78 is 14.7. The van der Waals surface area contributed by atoms with Gasteiger partial charge in [-0.2, -0.15) is 0 Å². The summed E-state index contributed by atoms with van der Waals surface area (Å²) in [5.41, 5.74) is -1.13. The standard InChI is InChI=1S/C16H16N2O5S2.C9H13NOS2.C7H4ClNO4/c1-11(12(2)24-25-15-5-3-4-10-17-15)22-16(19)23-14-8-6-13(7-9-14)18(20)21;1-7(11)8(2)12-13-9-5-3-4-6-10-9;8-7(10)13-6-3-1-5(2-4-6)9(11)12/h3-12H,1-2H3;3-8,11H,1-2H3;1-4H/t11-,12-;7-,8-;/m11./s1. The zero-order valence-electron chi connectivity index (χ0n) is 27.5. The van der Waals surface area contributed by atoms with E-state index in [2.05, 4.69) is 14.7 Å². The summed E-state index contributed by atoms with van der Waals surface area (Å²) in [6.07, 6.45) is 1.98. The molecule has 2 aromatic heterocycles. The van der Waals surface area contributed by atoms with Gasteiger partial charge in [0.1, 0.15) is 27.7 Å². The van der Waals surface area contributed by atoms with Crippen LogP contribution in [0, 0.1) is 20.2 Å². The van der Waals surface area contributed by atoms with Crippen LogP contribution in [0.5, 0.6) is 11.5 Å². The van der Waals surface area contributed by atoms with Crippen LogP contribution in [0.3, 0.4) is 0 Å². The van der Waals surface area contributed by atoms with Gasteiger partial charge in [0.05, 0.1) is 16.0 Å². The second-order valence-electron chi connectivity index (χ2n) is 9.86. The Morgan fingerprint density at radius 1 is 0.706 bits per heavy atom.